The molecule has 0 aromatic carbocycles. The standard InChI is InChI=1S/C18H30N4O10/c1-7(2)13(18(31)32)21-16(29)10(4-5-11(24)25)20-17(30)14(8(3)23)22-15(28)9(19)6-12(26)27/h7-10,13-14,23H,4-6,19H2,1-3H3,(H,20,30)(H,21,29)(H,22,28)(H,24,25)(H,26,27)(H,31,32)/t8-,9+,10+,13+,14+/m1/s1. The molecule has 0 aromatic heterocycles. The molecule has 32 heavy (non-hydrogen) atoms. The first-order valence-corrected chi connectivity index (χ1v) is 9.68. The number of carbonyl (C=O) groups excluding carboxylic acids is 3. The summed E-state index contributed by atoms with van der Waals surface area (Å²) in [4.78, 5) is 70.0. The zero-order valence-corrected chi connectivity index (χ0v) is 17.9. The highest BCUT2D eigenvalue weighted by Gasteiger charge is 2.33. The molecule has 5 atom stereocenters. The number of carboxylic acid groups (broad SMARTS) is 3. The molecule has 0 aliphatic heterocycles. The van der Waals surface area contributed by atoms with Crippen LogP contribution in [0.15, 0.2) is 0 Å². The molecule has 0 rings (SSSR count). The lowest BCUT2D eigenvalue weighted by Gasteiger charge is -2.26. The van der Waals surface area contributed by atoms with Crippen LogP contribution in [0.4, 0.5) is 0 Å². The molecule has 0 heterocycles. The van der Waals surface area contributed by atoms with E-state index >= 15 is 0 Å². The lowest BCUT2D eigenvalue weighted by atomic mass is 10.0. The average Bonchev–Trinajstić information content (AvgIpc) is 2.65. The normalized spacial score (nSPS) is 15.6. The Kier molecular flexibility index (Phi) is 11.9. The van der Waals surface area contributed by atoms with Crippen LogP contribution in [0, 0.1) is 5.92 Å². The van der Waals surface area contributed by atoms with Crippen LogP contribution in [0.2, 0.25) is 0 Å². The van der Waals surface area contributed by atoms with E-state index in [1.165, 1.54) is 13.8 Å². The largest absolute Gasteiger partial charge is 0.481 e. The Balaban J connectivity index is 5.50. The molecule has 0 unspecified atom stereocenters. The highest BCUT2D eigenvalue weighted by Crippen LogP contribution is 2.06. The van der Waals surface area contributed by atoms with Crippen molar-refractivity contribution in [2.24, 2.45) is 11.7 Å². The molecule has 0 saturated carbocycles. The fourth-order valence-electron chi connectivity index (χ4n) is 2.51. The third-order valence-electron chi connectivity index (χ3n) is 4.30. The second kappa shape index (κ2) is 13.2. The van der Waals surface area contributed by atoms with Gasteiger partial charge in [-0.3, -0.25) is 24.0 Å². The van der Waals surface area contributed by atoms with Crippen molar-refractivity contribution in [3.63, 3.8) is 0 Å². The number of nitrogens with one attached hydrogen (secondary N) is 3. The summed E-state index contributed by atoms with van der Waals surface area (Å²) in [5, 5.41) is 43.1. The van der Waals surface area contributed by atoms with Gasteiger partial charge < -0.3 is 42.1 Å². The molecule has 14 nitrogen and oxygen atoms in total. The molecule has 9 N–H and O–H groups in total. The lowest BCUT2D eigenvalue weighted by molar-refractivity contribution is -0.144. The Labute approximate surface area is 183 Å². The summed E-state index contributed by atoms with van der Waals surface area (Å²) in [5.41, 5.74) is 5.42. The number of amides is 3. The van der Waals surface area contributed by atoms with Gasteiger partial charge in [0.1, 0.15) is 18.1 Å². The molecule has 3 amide bonds. The van der Waals surface area contributed by atoms with Gasteiger partial charge in [0.05, 0.1) is 18.6 Å². The van der Waals surface area contributed by atoms with Gasteiger partial charge in [0.2, 0.25) is 17.7 Å². The van der Waals surface area contributed by atoms with Crippen molar-refractivity contribution in [2.75, 3.05) is 0 Å². The van der Waals surface area contributed by atoms with E-state index in [0.29, 0.717) is 0 Å². The van der Waals surface area contributed by atoms with Crippen molar-refractivity contribution in [1.29, 1.82) is 0 Å². The molecule has 0 aliphatic rings. The minimum Gasteiger partial charge on any atom is -0.481 e. The van der Waals surface area contributed by atoms with Crippen molar-refractivity contribution in [1.82, 2.24) is 16.0 Å². The summed E-state index contributed by atoms with van der Waals surface area (Å²) < 4.78 is 0. The third-order valence-corrected chi connectivity index (χ3v) is 4.30. The number of aliphatic hydroxyl groups is 1. The SMILES string of the molecule is CC(C)[C@H](NC(=O)[C@H](CCC(=O)O)NC(=O)[C@@H](NC(=O)[C@@H](N)CC(=O)O)[C@@H](C)O)C(=O)O. The number of carboxylic acids is 3. The average molecular weight is 462 g/mol. The maximum Gasteiger partial charge on any atom is 0.326 e. The van der Waals surface area contributed by atoms with Gasteiger partial charge in [-0.2, -0.15) is 0 Å². The zero-order chi connectivity index (χ0) is 25.2. The summed E-state index contributed by atoms with van der Waals surface area (Å²) in [6.45, 7) is 4.20. The van der Waals surface area contributed by atoms with Crippen LogP contribution in [0.5, 0.6) is 0 Å². The molecular weight excluding hydrogens is 432 g/mol. The highest BCUT2D eigenvalue weighted by molar-refractivity contribution is 5.95. The zero-order valence-electron chi connectivity index (χ0n) is 17.9. The summed E-state index contributed by atoms with van der Waals surface area (Å²) in [7, 11) is 0. The predicted molar refractivity (Wildman–Crippen MR) is 107 cm³/mol. The molecule has 0 fully saturated rings. The van der Waals surface area contributed by atoms with Crippen molar-refractivity contribution in [3.05, 3.63) is 0 Å². The molecule has 182 valence electrons. The highest BCUT2D eigenvalue weighted by atomic mass is 16.4. The number of aliphatic hydroxyl groups excluding tert-OH is 1. The van der Waals surface area contributed by atoms with Crippen LogP contribution in [0.25, 0.3) is 0 Å². The van der Waals surface area contributed by atoms with E-state index in [4.69, 9.17) is 15.9 Å². The second-order valence-corrected chi connectivity index (χ2v) is 7.49. The lowest BCUT2D eigenvalue weighted by Crippen LogP contribution is -2.60. The van der Waals surface area contributed by atoms with E-state index in [1.807, 2.05) is 0 Å². The first-order valence-electron chi connectivity index (χ1n) is 9.68. The first-order chi connectivity index (χ1) is 14.7. The first kappa shape index (κ1) is 28.7. The van der Waals surface area contributed by atoms with E-state index in [2.05, 4.69) is 16.0 Å². The topological polar surface area (TPSA) is 245 Å². The molecule has 0 radical (unpaired) electrons. The van der Waals surface area contributed by atoms with E-state index in [1.54, 1.807) is 0 Å². The van der Waals surface area contributed by atoms with E-state index in [0.717, 1.165) is 6.92 Å². The smallest absolute Gasteiger partial charge is 0.326 e. The summed E-state index contributed by atoms with van der Waals surface area (Å²) in [5.74, 6) is -7.61. The Morgan fingerprint density at radius 1 is 0.781 bits per heavy atom. The Morgan fingerprint density at radius 3 is 1.72 bits per heavy atom. The number of hydrogen-bond donors (Lipinski definition) is 8. The maximum atomic E-state index is 12.6. The van der Waals surface area contributed by atoms with Crippen LogP contribution < -0.4 is 21.7 Å². The number of aliphatic carboxylic acids is 3. The van der Waals surface area contributed by atoms with Gasteiger partial charge in [0.15, 0.2) is 0 Å². The summed E-state index contributed by atoms with van der Waals surface area (Å²) in [6.07, 6.45) is -3.19. The summed E-state index contributed by atoms with van der Waals surface area (Å²) >= 11 is 0. The summed E-state index contributed by atoms with van der Waals surface area (Å²) in [6, 6.07) is -5.98. The van der Waals surface area contributed by atoms with Crippen LogP contribution in [0.1, 0.15) is 40.0 Å². The molecule has 14 heteroatoms. The fraction of sp³-hybridized carbons (Fsp3) is 0.667. The van der Waals surface area contributed by atoms with Gasteiger partial charge >= 0.3 is 17.9 Å². The van der Waals surface area contributed by atoms with Gasteiger partial charge in [-0.1, -0.05) is 13.8 Å². The van der Waals surface area contributed by atoms with E-state index in [-0.39, 0.29) is 0 Å². The number of hydrogen-bond acceptors (Lipinski definition) is 8. The third kappa shape index (κ3) is 10.2. The van der Waals surface area contributed by atoms with E-state index in [9.17, 15) is 39.0 Å². The monoisotopic (exact) mass is 462 g/mol. The van der Waals surface area contributed by atoms with E-state index < -0.39 is 91.1 Å². The van der Waals surface area contributed by atoms with Crippen molar-refractivity contribution in [2.45, 2.75) is 70.3 Å². The number of nitrogens with two attached hydrogens (primary N) is 1. The number of carbonyl (C=O) groups is 6. The minimum absolute atomic E-state index is 0.406. The van der Waals surface area contributed by atoms with Crippen molar-refractivity contribution < 1.29 is 49.2 Å². The van der Waals surface area contributed by atoms with Crippen LogP contribution in [-0.4, -0.2) is 86.3 Å². The maximum absolute atomic E-state index is 12.6. The van der Waals surface area contributed by atoms with Gasteiger partial charge in [0.25, 0.3) is 0 Å². The van der Waals surface area contributed by atoms with Gasteiger partial charge in [-0.05, 0) is 19.3 Å². The van der Waals surface area contributed by atoms with Crippen molar-refractivity contribution in [3.8, 4) is 0 Å². The Bertz CT molecular complexity index is 725. The fourth-order valence-corrected chi connectivity index (χ4v) is 2.51. The number of rotatable bonds is 14. The molecule has 0 aliphatic carbocycles. The Hall–Kier alpha value is -3.26. The predicted octanol–water partition coefficient (Wildman–Crippen LogP) is -2.77. The minimum atomic E-state index is -1.65. The molecular formula is C18H30N4O10. The van der Waals surface area contributed by atoms with Crippen molar-refractivity contribution >= 4 is 35.6 Å². The molecule has 0 bridgehead atoms. The van der Waals surface area contributed by atoms with Gasteiger partial charge in [-0.25, -0.2) is 4.79 Å². The molecule has 0 saturated heterocycles. The van der Waals surface area contributed by atoms with Crippen LogP contribution in [0.3, 0.4) is 0 Å². The second-order valence-electron chi connectivity index (χ2n) is 7.49. The van der Waals surface area contributed by atoms with Crippen LogP contribution >= 0.6 is 0 Å². The molecule has 0 spiro atoms. The molecule has 0 aromatic rings. The van der Waals surface area contributed by atoms with Gasteiger partial charge in [-0.15, -0.1) is 0 Å². The quantitative estimate of drug-likeness (QED) is 0.131. The Morgan fingerprint density at radius 2 is 1.31 bits per heavy atom. The van der Waals surface area contributed by atoms with Gasteiger partial charge in [0, 0.05) is 6.42 Å². The van der Waals surface area contributed by atoms with Crippen LogP contribution in [-0.2, 0) is 28.8 Å².